The van der Waals surface area contributed by atoms with E-state index in [1.54, 1.807) is 24.5 Å². The van der Waals surface area contributed by atoms with Crippen LogP contribution >= 0.6 is 15.9 Å². The Morgan fingerprint density at radius 1 is 1.40 bits per heavy atom. The molecule has 0 saturated carbocycles. The Balaban J connectivity index is 2.32. The van der Waals surface area contributed by atoms with Crippen molar-refractivity contribution in [2.24, 2.45) is 0 Å². The summed E-state index contributed by atoms with van der Waals surface area (Å²) in [7, 11) is 0. The highest BCUT2D eigenvalue weighted by atomic mass is 79.9. The smallest absolute Gasteiger partial charge is 0.169 e. The van der Waals surface area contributed by atoms with Gasteiger partial charge < -0.3 is 9.52 Å². The maximum absolute atomic E-state index is 9.98. The van der Waals surface area contributed by atoms with Crippen molar-refractivity contribution >= 4 is 15.9 Å². The summed E-state index contributed by atoms with van der Waals surface area (Å²) in [5.41, 5.74) is 1.74. The van der Waals surface area contributed by atoms with Gasteiger partial charge in [-0.25, -0.2) is 0 Å². The fourth-order valence-corrected chi connectivity index (χ4v) is 1.69. The molecule has 78 valence electrons. The third-order valence-electron chi connectivity index (χ3n) is 2.08. The Morgan fingerprint density at radius 2 is 2.20 bits per heavy atom. The zero-order chi connectivity index (χ0) is 10.8. The summed E-state index contributed by atoms with van der Waals surface area (Å²) >= 11 is 3.19. The summed E-state index contributed by atoms with van der Waals surface area (Å²) < 4.78 is 5.89. The first kappa shape index (κ1) is 10.4. The summed E-state index contributed by atoms with van der Waals surface area (Å²) in [4.78, 5) is 4.02. The van der Waals surface area contributed by atoms with Crippen LogP contribution in [0.15, 0.2) is 39.7 Å². The maximum Gasteiger partial charge on any atom is 0.169 e. The van der Waals surface area contributed by atoms with E-state index in [0.29, 0.717) is 10.4 Å². The maximum atomic E-state index is 9.98. The summed E-state index contributed by atoms with van der Waals surface area (Å²) in [5, 5.41) is 9.98. The molecule has 0 aromatic carbocycles. The molecular formula is C11H10BrNO2. The molecule has 0 fully saturated rings. The Bertz CT molecular complexity index is 467. The fourth-order valence-electron chi connectivity index (χ4n) is 1.37. The first-order valence-corrected chi connectivity index (χ1v) is 5.31. The van der Waals surface area contributed by atoms with Crippen molar-refractivity contribution in [3.63, 3.8) is 0 Å². The number of aryl methyl sites for hydroxylation is 1. The van der Waals surface area contributed by atoms with Gasteiger partial charge in [-0.15, -0.1) is 0 Å². The summed E-state index contributed by atoms with van der Waals surface area (Å²) in [6.07, 6.45) is 2.62. The van der Waals surface area contributed by atoms with Gasteiger partial charge in [0.15, 0.2) is 4.67 Å². The molecule has 0 amide bonds. The lowest BCUT2D eigenvalue weighted by molar-refractivity contribution is 0.187. The number of aliphatic hydroxyl groups is 1. The number of rotatable bonds is 2. The van der Waals surface area contributed by atoms with Crippen LogP contribution in [0.4, 0.5) is 0 Å². The zero-order valence-corrected chi connectivity index (χ0v) is 9.73. The predicted octanol–water partition coefficient (Wildman–Crippen LogP) is 2.83. The van der Waals surface area contributed by atoms with Gasteiger partial charge in [-0.05, 0) is 46.6 Å². The monoisotopic (exact) mass is 267 g/mol. The number of hydrogen-bond acceptors (Lipinski definition) is 3. The van der Waals surface area contributed by atoms with E-state index in [0.717, 1.165) is 11.1 Å². The average Bonchev–Trinajstić information content (AvgIpc) is 2.64. The molecule has 1 atom stereocenters. The number of nitrogens with zero attached hydrogens (tertiary/aromatic N) is 1. The summed E-state index contributed by atoms with van der Waals surface area (Å²) in [6.45, 7) is 1.93. The van der Waals surface area contributed by atoms with Gasteiger partial charge in [0.1, 0.15) is 11.9 Å². The van der Waals surface area contributed by atoms with E-state index in [9.17, 15) is 5.11 Å². The summed E-state index contributed by atoms with van der Waals surface area (Å²) in [6, 6.07) is 5.37. The molecule has 2 aromatic heterocycles. The van der Waals surface area contributed by atoms with E-state index in [1.807, 2.05) is 13.0 Å². The van der Waals surface area contributed by atoms with E-state index in [4.69, 9.17) is 4.42 Å². The lowest BCUT2D eigenvalue weighted by Crippen LogP contribution is -1.98. The van der Waals surface area contributed by atoms with Gasteiger partial charge in [-0.3, -0.25) is 4.98 Å². The molecule has 0 aliphatic carbocycles. The van der Waals surface area contributed by atoms with Crippen LogP contribution in [-0.4, -0.2) is 10.1 Å². The molecule has 0 aliphatic heterocycles. The van der Waals surface area contributed by atoms with E-state index < -0.39 is 6.10 Å². The Hall–Kier alpha value is -1.13. The van der Waals surface area contributed by atoms with Crippen LogP contribution in [0.5, 0.6) is 0 Å². The molecule has 15 heavy (non-hydrogen) atoms. The molecule has 1 N–H and O–H groups in total. The van der Waals surface area contributed by atoms with Crippen LogP contribution in [-0.2, 0) is 0 Å². The van der Waals surface area contributed by atoms with Gasteiger partial charge >= 0.3 is 0 Å². The average molecular weight is 268 g/mol. The van der Waals surface area contributed by atoms with Crippen LogP contribution in [0.1, 0.15) is 23.0 Å². The molecule has 2 rings (SSSR count). The van der Waals surface area contributed by atoms with Crippen molar-refractivity contribution in [2.75, 3.05) is 0 Å². The number of aliphatic hydroxyl groups excluding tert-OH is 1. The molecular weight excluding hydrogens is 258 g/mol. The second-order valence-corrected chi connectivity index (χ2v) is 4.12. The third kappa shape index (κ3) is 2.27. The van der Waals surface area contributed by atoms with Crippen molar-refractivity contribution < 1.29 is 9.52 Å². The minimum absolute atomic E-state index is 0.509. The molecule has 1 unspecified atom stereocenters. The Labute approximate surface area is 95.9 Å². The standard InChI is InChI=1S/C11H10BrNO2/c1-7-4-8(6-13-5-7)11(14)9-2-3-10(12)15-9/h2-6,11,14H,1H3. The molecule has 3 nitrogen and oxygen atoms in total. The normalized spacial score (nSPS) is 12.7. The number of aromatic nitrogens is 1. The lowest BCUT2D eigenvalue weighted by Gasteiger charge is -2.07. The van der Waals surface area contributed by atoms with Crippen LogP contribution in [0.3, 0.4) is 0 Å². The van der Waals surface area contributed by atoms with Gasteiger partial charge in [0.2, 0.25) is 0 Å². The second-order valence-electron chi connectivity index (χ2n) is 3.34. The molecule has 4 heteroatoms. The number of pyridine rings is 1. The van der Waals surface area contributed by atoms with Crippen molar-refractivity contribution in [2.45, 2.75) is 13.0 Å². The molecule has 2 aromatic rings. The SMILES string of the molecule is Cc1cncc(C(O)c2ccc(Br)o2)c1. The quantitative estimate of drug-likeness (QED) is 0.910. The van der Waals surface area contributed by atoms with Crippen LogP contribution in [0.2, 0.25) is 0 Å². The first-order valence-electron chi connectivity index (χ1n) is 4.51. The predicted molar refractivity (Wildman–Crippen MR) is 59.4 cm³/mol. The lowest BCUT2D eigenvalue weighted by atomic mass is 10.1. The Morgan fingerprint density at radius 3 is 2.80 bits per heavy atom. The molecule has 0 aliphatic rings. The summed E-state index contributed by atoms with van der Waals surface area (Å²) in [5.74, 6) is 0.509. The van der Waals surface area contributed by atoms with E-state index in [1.165, 1.54) is 0 Å². The zero-order valence-electron chi connectivity index (χ0n) is 8.14. The third-order valence-corrected chi connectivity index (χ3v) is 2.50. The molecule has 0 bridgehead atoms. The topological polar surface area (TPSA) is 46.3 Å². The van der Waals surface area contributed by atoms with Crippen molar-refractivity contribution in [3.8, 4) is 0 Å². The van der Waals surface area contributed by atoms with E-state index >= 15 is 0 Å². The highest BCUT2D eigenvalue weighted by molar-refractivity contribution is 9.10. The number of halogens is 1. The van der Waals surface area contributed by atoms with Gasteiger partial charge in [-0.2, -0.15) is 0 Å². The van der Waals surface area contributed by atoms with Crippen molar-refractivity contribution in [1.29, 1.82) is 0 Å². The Kier molecular flexibility index (Phi) is 2.88. The van der Waals surface area contributed by atoms with Gasteiger partial charge in [0, 0.05) is 18.0 Å². The van der Waals surface area contributed by atoms with Crippen LogP contribution < -0.4 is 0 Å². The molecule has 0 spiro atoms. The van der Waals surface area contributed by atoms with Crippen LogP contribution in [0, 0.1) is 6.92 Å². The highest BCUT2D eigenvalue weighted by Gasteiger charge is 2.14. The second kappa shape index (κ2) is 4.16. The minimum Gasteiger partial charge on any atom is -0.451 e. The number of hydrogen-bond donors (Lipinski definition) is 1. The molecule has 0 saturated heterocycles. The molecule has 2 heterocycles. The number of furan rings is 1. The van der Waals surface area contributed by atoms with Crippen LogP contribution in [0.25, 0.3) is 0 Å². The fraction of sp³-hybridized carbons (Fsp3) is 0.182. The first-order chi connectivity index (χ1) is 7.16. The van der Waals surface area contributed by atoms with Gasteiger partial charge in [0.05, 0.1) is 0 Å². The van der Waals surface area contributed by atoms with E-state index in [-0.39, 0.29) is 0 Å². The van der Waals surface area contributed by atoms with Gasteiger partial charge in [0.25, 0.3) is 0 Å². The van der Waals surface area contributed by atoms with E-state index in [2.05, 4.69) is 20.9 Å². The largest absolute Gasteiger partial charge is 0.451 e. The van der Waals surface area contributed by atoms with Gasteiger partial charge in [-0.1, -0.05) is 0 Å². The molecule has 0 radical (unpaired) electrons. The van der Waals surface area contributed by atoms with Crippen molar-refractivity contribution in [1.82, 2.24) is 4.98 Å². The van der Waals surface area contributed by atoms with Crippen molar-refractivity contribution in [3.05, 3.63) is 52.1 Å². The highest BCUT2D eigenvalue weighted by Crippen LogP contribution is 2.25. The minimum atomic E-state index is -0.760.